The van der Waals surface area contributed by atoms with E-state index >= 15 is 0 Å². The molecule has 2 rings (SSSR count). The molecule has 2 aliphatic rings. The van der Waals surface area contributed by atoms with Crippen molar-refractivity contribution in [3.05, 3.63) is 34.3 Å². The summed E-state index contributed by atoms with van der Waals surface area (Å²) >= 11 is 0.0964. The van der Waals surface area contributed by atoms with Crippen LogP contribution in [0.2, 0.25) is 0 Å². The zero-order valence-electron chi connectivity index (χ0n) is 5.26. The largest absolute Gasteiger partial charge is 0.359 e. The zero-order chi connectivity index (χ0) is 6.81. The van der Waals surface area contributed by atoms with Crippen LogP contribution in [0.15, 0.2) is 34.3 Å². The topological polar surface area (TPSA) is 24.1 Å². The van der Waals surface area contributed by atoms with Gasteiger partial charge in [-0.15, -0.1) is 0 Å². The van der Waals surface area contributed by atoms with Crippen LogP contribution in [0.3, 0.4) is 0 Å². The Balaban J connectivity index is 2.38. The molecule has 0 amide bonds. The highest BCUT2D eigenvalue weighted by atomic mass is 127. The minimum absolute atomic E-state index is 0.0964. The maximum absolute atomic E-state index is 3.22. The summed E-state index contributed by atoms with van der Waals surface area (Å²) in [5, 5.41) is 6.40. The highest BCUT2D eigenvalue weighted by Gasteiger charge is 2.05. The second kappa shape index (κ2) is 2.57. The van der Waals surface area contributed by atoms with Gasteiger partial charge in [0.1, 0.15) is 0 Å². The lowest BCUT2D eigenvalue weighted by Gasteiger charge is -2.15. The third kappa shape index (κ3) is 1.01. The molecule has 0 atom stereocenters. The number of rotatable bonds is 0. The lowest BCUT2D eigenvalue weighted by atomic mass is 10.3. The maximum Gasteiger partial charge on any atom is 0.0954 e. The van der Waals surface area contributed by atoms with Gasteiger partial charge < -0.3 is 10.6 Å². The van der Waals surface area contributed by atoms with Gasteiger partial charge in [-0.3, -0.25) is 0 Å². The van der Waals surface area contributed by atoms with E-state index in [1.807, 2.05) is 18.5 Å². The summed E-state index contributed by atoms with van der Waals surface area (Å²) in [5.74, 6) is 0. The minimum atomic E-state index is 0.0964. The Morgan fingerprint density at radius 2 is 2.20 bits per heavy atom. The van der Waals surface area contributed by atoms with Crippen molar-refractivity contribution in [2.24, 2.45) is 0 Å². The Morgan fingerprint density at radius 1 is 1.20 bits per heavy atom. The molecule has 0 spiro atoms. The molecule has 2 nitrogen and oxygen atoms in total. The van der Waals surface area contributed by atoms with Gasteiger partial charge in [-0.25, -0.2) is 0 Å². The molecule has 10 heavy (non-hydrogen) atoms. The summed E-state index contributed by atoms with van der Waals surface area (Å²) in [7, 11) is 0. The monoisotopic (exact) mass is 246 g/mol. The van der Waals surface area contributed by atoms with Gasteiger partial charge in [-0.05, 0) is 16.2 Å². The second-order valence-electron chi connectivity index (χ2n) is 1.94. The number of dihydropyridines is 1. The second-order valence-corrected chi connectivity index (χ2v) is 4.36. The Kier molecular flexibility index (Phi) is 1.58. The van der Waals surface area contributed by atoms with Gasteiger partial charge in [0.2, 0.25) is 0 Å². The van der Waals surface area contributed by atoms with E-state index in [-0.39, 0.29) is 20.7 Å². The van der Waals surface area contributed by atoms with E-state index in [2.05, 4.69) is 20.8 Å². The van der Waals surface area contributed by atoms with E-state index < -0.39 is 0 Å². The molecule has 0 fully saturated rings. The maximum atomic E-state index is 3.22. The van der Waals surface area contributed by atoms with Crippen molar-refractivity contribution in [3.63, 3.8) is 0 Å². The molecule has 0 saturated carbocycles. The fourth-order valence-electron chi connectivity index (χ4n) is 0.834. The SMILES string of the molecule is C1=CNC2=IC=CNC2=C1. The van der Waals surface area contributed by atoms with Crippen LogP contribution in [0.4, 0.5) is 0 Å². The third-order valence-electron chi connectivity index (χ3n) is 1.28. The van der Waals surface area contributed by atoms with Gasteiger partial charge in [-0.2, -0.15) is 0 Å². The molecule has 3 heteroatoms. The first-order chi connectivity index (χ1) is 4.97. The van der Waals surface area contributed by atoms with Gasteiger partial charge in [0.25, 0.3) is 0 Å². The highest BCUT2D eigenvalue weighted by molar-refractivity contribution is 14.2. The molecule has 0 radical (unpaired) electrons. The van der Waals surface area contributed by atoms with Crippen LogP contribution < -0.4 is 10.6 Å². The van der Waals surface area contributed by atoms with Gasteiger partial charge in [0.15, 0.2) is 0 Å². The number of halogens is 1. The van der Waals surface area contributed by atoms with Crippen LogP contribution >= 0.6 is 20.7 Å². The van der Waals surface area contributed by atoms with Crippen LogP contribution in [0, 0.1) is 0 Å². The summed E-state index contributed by atoms with van der Waals surface area (Å²) in [6.45, 7) is 0. The Morgan fingerprint density at radius 3 is 3.10 bits per heavy atom. The first-order valence-corrected chi connectivity index (χ1v) is 5.35. The van der Waals surface area contributed by atoms with E-state index in [0.717, 1.165) is 0 Å². The lowest BCUT2D eigenvalue weighted by molar-refractivity contribution is 1.10. The average molecular weight is 246 g/mol. The van der Waals surface area contributed by atoms with Crippen LogP contribution in [0.25, 0.3) is 0 Å². The van der Waals surface area contributed by atoms with Gasteiger partial charge in [0, 0.05) is 12.4 Å². The molecule has 0 saturated heterocycles. The van der Waals surface area contributed by atoms with Crippen molar-refractivity contribution in [1.29, 1.82) is 0 Å². The molecule has 0 aromatic heterocycles. The Hall–Kier alpha value is -0.580. The van der Waals surface area contributed by atoms with Gasteiger partial charge in [0.05, 0.1) is 9.33 Å². The van der Waals surface area contributed by atoms with Crippen LogP contribution in [-0.2, 0) is 0 Å². The van der Waals surface area contributed by atoms with E-state index in [1.165, 1.54) is 9.33 Å². The van der Waals surface area contributed by atoms with Crippen molar-refractivity contribution >= 4 is 24.4 Å². The number of hydrogen-bond acceptors (Lipinski definition) is 2. The summed E-state index contributed by atoms with van der Waals surface area (Å²) < 4.78 is 3.57. The predicted octanol–water partition coefficient (Wildman–Crippen LogP) is 1.16. The van der Waals surface area contributed by atoms with Gasteiger partial charge >= 0.3 is 0 Å². The van der Waals surface area contributed by atoms with Crippen molar-refractivity contribution < 1.29 is 0 Å². The molecule has 2 N–H and O–H groups in total. The fraction of sp³-hybridized carbons (Fsp3) is 0. The van der Waals surface area contributed by atoms with Crippen molar-refractivity contribution in [2.75, 3.05) is 0 Å². The first-order valence-electron chi connectivity index (χ1n) is 3.02. The van der Waals surface area contributed by atoms with Gasteiger partial charge in [-0.1, -0.05) is 20.7 Å². The molecule has 0 aromatic carbocycles. The van der Waals surface area contributed by atoms with E-state index in [4.69, 9.17) is 0 Å². The number of allylic oxidation sites excluding steroid dienone is 2. The smallest absolute Gasteiger partial charge is 0.0954 e. The number of hydrogen-bond donors (Lipinski definition) is 2. The fourth-order valence-corrected chi connectivity index (χ4v) is 2.58. The normalized spacial score (nSPS) is 20.8. The Bertz CT molecular complexity index is 233. The lowest BCUT2D eigenvalue weighted by Crippen LogP contribution is -2.27. The van der Waals surface area contributed by atoms with E-state index in [1.54, 1.807) is 0 Å². The molecule has 0 aliphatic carbocycles. The van der Waals surface area contributed by atoms with Crippen molar-refractivity contribution in [3.8, 4) is 0 Å². The van der Waals surface area contributed by atoms with Crippen molar-refractivity contribution in [1.82, 2.24) is 10.6 Å². The van der Waals surface area contributed by atoms with E-state index in [0.29, 0.717) is 0 Å². The molecule has 0 unspecified atom stereocenters. The van der Waals surface area contributed by atoms with Crippen LogP contribution in [0.5, 0.6) is 0 Å². The van der Waals surface area contributed by atoms with Crippen LogP contribution in [0.1, 0.15) is 0 Å². The molecule has 0 aromatic rings. The highest BCUT2D eigenvalue weighted by Crippen LogP contribution is 2.13. The molecule has 2 heterocycles. The van der Waals surface area contributed by atoms with E-state index in [9.17, 15) is 0 Å². The minimum Gasteiger partial charge on any atom is -0.359 e. The summed E-state index contributed by atoms with van der Waals surface area (Å²) in [5.41, 5.74) is 1.23. The molecule has 0 bridgehead atoms. The third-order valence-corrected chi connectivity index (χ3v) is 3.51. The predicted molar refractivity (Wildman–Crippen MR) is 51.7 cm³/mol. The standard InChI is InChI=1S/C7H7IN2/c1-2-6-7(10-4-1)8-3-5-9-6/h1-5,9-10H. The first kappa shape index (κ1) is 6.15. The number of nitrogens with one attached hydrogen (secondary N) is 2. The summed E-state index contributed by atoms with van der Waals surface area (Å²) in [6, 6.07) is 0. The quantitative estimate of drug-likeness (QED) is 0.627. The summed E-state index contributed by atoms with van der Waals surface area (Å²) in [4.78, 5) is 0. The van der Waals surface area contributed by atoms with Crippen molar-refractivity contribution in [2.45, 2.75) is 0 Å². The molecule has 2 aliphatic heterocycles. The molecular formula is C7H7IN2. The zero-order valence-corrected chi connectivity index (χ0v) is 7.42. The number of fused-ring (bicyclic) bond motifs is 1. The summed E-state index contributed by atoms with van der Waals surface area (Å²) in [6.07, 6.45) is 8.09. The van der Waals surface area contributed by atoms with Crippen LogP contribution in [-0.4, -0.2) is 3.63 Å². The molecular weight excluding hydrogens is 239 g/mol. The Labute approximate surface area is 69.4 Å². The average Bonchev–Trinajstić information content (AvgIpc) is 2.05. The molecule has 52 valence electrons.